The van der Waals surface area contributed by atoms with Crippen molar-refractivity contribution in [3.05, 3.63) is 30.3 Å². The number of amides is 2. The minimum absolute atomic E-state index is 0.0146. The molecule has 0 atom stereocenters. The highest BCUT2D eigenvalue weighted by Crippen LogP contribution is 2.17. The Morgan fingerprint density at radius 3 is 2.44 bits per heavy atom. The Labute approximate surface area is 151 Å². The van der Waals surface area contributed by atoms with Crippen LogP contribution in [0.3, 0.4) is 0 Å². The average molecular weight is 345 g/mol. The Kier molecular flexibility index (Phi) is 6.98. The Bertz CT molecular complexity index is 508. The maximum Gasteiger partial charge on any atom is 0.315 e. The summed E-state index contributed by atoms with van der Waals surface area (Å²) < 4.78 is 0. The number of carbonyl (C=O) groups excluding carboxylic acids is 1. The van der Waals surface area contributed by atoms with Crippen molar-refractivity contribution in [1.82, 2.24) is 15.5 Å². The number of nitrogens with zero attached hydrogens (tertiary/aromatic N) is 2. The molecular weight excluding hydrogens is 312 g/mol. The zero-order valence-corrected chi connectivity index (χ0v) is 15.3. The minimum atomic E-state index is 0.0146. The fourth-order valence-electron chi connectivity index (χ4n) is 3.86. The van der Waals surface area contributed by atoms with E-state index >= 15 is 0 Å². The summed E-state index contributed by atoms with van der Waals surface area (Å²) in [4.78, 5) is 16.9. The number of hydrogen-bond donors (Lipinski definition) is 2. The molecule has 25 heavy (non-hydrogen) atoms. The lowest BCUT2D eigenvalue weighted by molar-refractivity contribution is 0.229. The van der Waals surface area contributed by atoms with Crippen LogP contribution in [0.15, 0.2) is 30.3 Å². The van der Waals surface area contributed by atoms with Gasteiger partial charge >= 0.3 is 6.03 Å². The Hall–Kier alpha value is -1.75. The number of nitrogens with one attached hydrogen (secondary N) is 2. The van der Waals surface area contributed by atoms with Crippen molar-refractivity contribution < 1.29 is 4.79 Å². The van der Waals surface area contributed by atoms with Crippen LogP contribution in [0.25, 0.3) is 0 Å². The highest BCUT2D eigenvalue weighted by molar-refractivity contribution is 5.74. The van der Waals surface area contributed by atoms with Gasteiger partial charge in [-0.2, -0.15) is 0 Å². The summed E-state index contributed by atoms with van der Waals surface area (Å²) >= 11 is 0. The molecule has 1 aliphatic carbocycles. The van der Waals surface area contributed by atoms with Gasteiger partial charge in [0.2, 0.25) is 0 Å². The SMILES string of the molecule is O=C(NCCCN1CCN(c2ccccc2)CC1)NC1CCCCC1. The number of carbonyl (C=O) groups is 1. The minimum Gasteiger partial charge on any atom is -0.369 e. The molecule has 0 unspecified atom stereocenters. The highest BCUT2D eigenvalue weighted by atomic mass is 16.2. The molecule has 0 spiro atoms. The van der Waals surface area contributed by atoms with Crippen molar-refractivity contribution in [2.45, 2.75) is 44.6 Å². The summed E-state index contributed by atoms with van der Waals surface area (Å²) in [5, 5.41) is 6.13. The number of urea groups is 1. The van der Waals surface area contributed by atoms with Crippen LogP contribution in [0, 0.1) is 0 Å². The first-order valence-corrected chi connectivity index (χ1v) is 9.88. The molecule has 2 fully saturated rings. The van der Waals surface area contributed by atoms with Crippen LogP contribution in [0.5, 0.6) is 0 Å². The number of para-hydroxylation sites is 1. The van der Waals surface area contributed by atoms with Crippen LogP contribution in [0.1, 0.15) is 38.5 Å². The number of anilines is 1. The monoisotopic (exact) mass is 344 g/mol. The van der Waals surface area contributed by atoms with E-state index in [1.807, 2.05) is 0 Å². The molecule has 3 rings (SSSR count). The van der Waals surface area contributed by atoms with Gasteiger partial charge in [0.25, 0.3) is 0 Å². The normalized spacial score (nSPS) is 19.6. The Balaban J connectivity index is 1.25. The molecule has 1 aromatic carbocycles. The molecule has 2 aliphatic rings. The molecular formula is C20H32N4O. The van der Waals surface area contributed by atoms with Gasteiger partial charge in [-0.3, -0.25) is 4.90 Å². The molecule has 1 saturated heterocycles. The molecule has 1 saturated carbocycles. The van der Waals surface area contributed by atoms with Gasteiger partial charge in [0.15, 0.2) is 0 Å². The van der Waals surface area contributed by atoms with Gasteiger partial charge in [-0.1, -0.05) is 37.5 Å². The van der Waals surface area contributed by atoms with Gasteiger partial charge in [0.1, 0.15) is 0 Å². The van der Waals surface area contributed by atoms with E-state index in [4.69, 9.17) is 0 Å². The largest absolute Gasteiger partial charge is 0.369 e. The molecule has 5 nitrogen and oxygen atoms in total. The predicted molar refractivity (Wildman–Crippen MR) is 103 cm³/mol. The fraction of sp³-hybridized carbons (Fsp3) is 0.650. The van der Waals surface area contributed by atoms with Crippen molar-refractivity contribution in [1.29, 1.82) is 0 Å². The van der Waals surface area contributed by atoms with Gasteiger partial charge in [-0.25, -0.2) is 4.79 Å². The first kappa shape index (κ1) is 18.1. The van der Waals surface area contributed by atoms with Crippen LogP contribution in [0.4, 0.5) is 10.5 Å². The molecule has 0 bridgehead atoms. The standard InChI is InChI=1S/C20H32N4O/c25-20(22-18-8-3-1-4-9-18)21-12-7-13-23-14-16-24(17-15-23)19-10-5-2-6-11-19/h2,5-6,10-11,18H,1,3-4,7-9,12-17H2,(H2,21,22,25). The first-order chi connectivity index (χ1) is 12.3. The Morgan fingerprint density at radius 2 is 1.72 bits per heavy atom. The van der Waals surface area contributed by atoms with Crippen molar-refractivity contribution in [3.8, 4) is 0 Å². The average Bonchev–Trinajstić information content (AvgIpc) is 2.67. The summed E-state index contributed by atoms with van der Waals surface area (Å²) in [7, 11) is 0. The van der Waals surface area contributed by atoms with Crippen LogP contribution in [-0.2, 0) is 0 Å². The van der Waals surface area contributed by atoms with Crippen LogP contribution >= 0.6 is 0 Å². The Morgan fingerprint density at radius 1 is 1.00 bits per heavy atom. The zero-order valence-electron chi connectivity index (χ0n) is 15.3. The van der Waals surface area contributed by atoms with Gasteiger partial charge in [0, 0.05) is 44.5 Å². The van der Waals surface area contributed by atoms with Crippen LogP contribution in [-0.4, -0.2) is 56.2 Å². The lowest BCUT2D eigenvalue weighted by atomic mass is 9.96. The second-order valence-corrected chi connectivity index (χ2v) is 7.25. The predicted octanol–water partition coefficient (Wildman–Crippen LogP) is 2.83. The van der Waals surface area contributed by atoms with Gasteiger partial charge < -0.3 is 15.5 Å². The van der Waals surface area contributed by atoms with E-state index in [9.17, 15) is 4.79 Å². The van der Waals surface area contributed by atoms with Crippen molar-refractivity contribution in [2.24, 2.45) is 0 Å². The summed E-state index contributed by atoms with van der Waals surface area (Å²) in [6, 6.07) is 11.0. The summed E-state index contributed by atoms with van der Waals surface area (Å²) in [5.41, 5.74) is 1.32. The van der Waals surface area contributed by atoms with Crippen LogP contribution < -0.4 is 15.5 Å². The fourth-order valence-corrected chi connectivity index (χ4v) is 3.86. The topological polar surface area (TPSA) is 47.6 Å². The van der Waals surface area contributed by atoms with Crippen molar-refractivity contribution >= 4 is 11.7 Å². The molecule has 138 valence electrons. The highest BCUT2D eigenvalue weighted by Gasteiger charge is 2.17. The molecule has 5 heteroatoms. The van der Waals surface area contributed by atoms with E-state index in [1.165, 1.54) is 24.9 Å². The summed E-state index contributed by atoms with van der Waals surface area (Å²) in [6.45, 7) is 6.19. The van der Waals surface area contributed by atoms with Crippen LogP contribution in [0.2, 0.25) is 0 Å². The maximum atomic E-state index is 11.9. The molecule has 0 radical (unpaired) electrons. The summed E-state index contributed by atoms with van der Waals surface area (Å²) in [6.07, 6.45) is 7.11. The zero-order chi connectivity index (χ0) is 17.3. The molecule has 1 aliphatic heterocycles. The number of piperazine rings is 1. The second-order valence-electron chi connectivity index (χ2n) is 7.25. The van der Waals surface area contributed by atoms with Crippen molar-refractivity contribution in [2.75, 3.05) is 44.2 Å². The number of hydrogen-bond acceptors (Lipinski definition) is 3. The molecule has 1 heterocycles. The molecule has 2 amide bonds. The number of benzene rings is 1. The van der Waals surface area contributed by atoms with Gasteiger partial charge in [-0.15, -0.1) is 0 Å². The van der Waals surface area contributed by atoms with E-state index in [1.54, 1.807) is 0 Å². The van der Waals surface area contributed by atoms with E-state index in [0.717, 1.165) is 58.5 Å². The second kappa shape index (κ2) is 9.66. The third-order valence-corrected chi connectivity index (χ3v) is 5.37. The lowest BCUT2D eigenvalue weighted by Gasteiger charge is -2.36. The lowest BCUT2D eigenvalue weighted by Crippen LogP contribution is -2.47. The molecule has 0 aromatic heterocycles. The van der Waals surface area contributed by atoms with E-state index in [-0.39, 0.29) is 6.03 Å². The van der Waals surface area contributed by atoms with E-state index < -0.39 is 0 Å². The van der Waals surface area contributed by atoms with E-state index in [0.29, 0.717) is 6.04 Å². The molecule has 1 aromatic rings. The third kappa shape index (κ3) is 5.92. The van der Waals surface area contributed by atoms with Gasteiger partial charge in [0.05, 0.1) is 0 Å². The van der Waals surface area contributed by atoms with Crippen molar-refractivity contribution in [3.63, 3.8) is 0 Å². The maximum absolute atomic E-state index is 11.9. The summed E-state index contributed by atoms with van der Waals surface area (Å²) in [5.74, 6) is 0. The third-order valence-electron chi connectivity index (χ3n) is 5.37. The smallest absolute Gasteiger partial charge is 0.315 e. The first-order valence-electron chi connectivity index (χ1n) is 9.88. The molecule has 2 N–H and O–H groups in total. The number of rotatable bonds is 6. The quantitative estimate of drug-likeness (QED) is 0.780. The van der Waals surface area contributed by atoms with Gasteiger partial charge in [-0.05, 0) is 37.9 Å². The van der Waals surface area contributed by atoms with E-state index in [2.05, 4.69) is 50.8 Å².